The molecule has 0 fully saturated rings. The first-order valence-electron chi connectivity index (χ1n) is 3.27. The lowest BCUT2D eigenvalue weighted by molar-refractivity contribution is -0.131. The van der Waals surface area contributed by atoms with E-state index in [0.29, 0.717) is 12.1 Å². The molecular weight excluding hydrogens is 146 g/mol. The Bertz CT molecular complexity index is 196. The van der Waals surface area contributed by atoms with E-state index in [4.69, 9.17) is 5.11 Å². The Morgan fingerprint density at radius 3 is 2.45 bits per heavy atom. The molecule has 4 nitrogen and oxygen atoms in total. The highest BCUT2D eigenvalue weighted by atomic mass is 16.4. The van der Waals surface area contributed by atoms with Gasteiger partial charge in [0.1, 0.15) is 0 Å². The fourth-order valence-electron chi connectivity index (χ4n) is 0.530. The zero-order chi connectivity index (χ0) is 8.85. The molecule has 1 amide bonds. The number of carbonyl (C=O) groups is 2. The predicted octanol–water partition coefficient (Wildman–Crippen LogP) is 0.501. The fraction of sp³-hybridized carbons (Fsp3) is 0.429. The Morgan fingerprint density at radius 2 is 2.09 bits per heavy atom. The van der Waals surface area contributed by atoms with E-state index in [9.17, 15) is 9.59 Å². The van der Waals surface area contributed by atoms with E-state index in [1.807, 2.05) is 0 Å². The third-order valence-corrected chi connectivity index (χ3v) is 0.998. The smallest absolute Gasteiger partial charge is 0.330 e. The van der Waals surface area contributed by atoms with E-state index in [1.54, 1.807) is 6.92 Å². The second-order valence-electron chi connectivity index (χ2n) is 2.07. The molecule has 0 radical (unpaired) electrons. The van der Waals surface area contributed by atoms with Crippen molar-refractivity contribution in [2.75, 3.05) is 0 Å². The Hall–Kier alpha value is -1.32. The number of rotatable bonds is 3. The van der Waals surface area contributed by atoms with Crippen molar-refractivity contribution in [1.82, 2.24) is 5.32 Å². The van der Waals surface area contributed by atoms with Gasteiger partial charge >= 0.3 is 5.97 Å². The molecule has 0 rings (SSSR count). The van der Waals surface area contributed by atoms with Crippen molar-refractivity contribution < 1.29 is 14.7 Å². The van der Waals surface area contributed by atoms with E-state index in [-0.39, 0.29) is 5.91 Å². The van der Waals surface area contributed by atoms with Gasteiger partial charge in [0.05, 0.1) is 0 Å². The molecule has 0 saturated carbocycles. The van der Waals surface area contributed by atoms with Crippen LogP contribution in [-0.2, 0) is 9.59 Å². The largest absolute Gasteiger partial charge is 0.478 e. The third kappa shape index (κ3) is 5.14. The van der Waals surface area contributed by atoms with Crippen molar-refractivity contribution in [3.63, 3.8) is 0 Å². The van der Waals surface area contributed by atoms with E-state index in [2.05, 4.69) is 5.32 Å². The van der Waals surface area contributed by atoms with Crippen molar-refractivity contribution in [3.8, 4) is 0 Å². The SMILES string of the molecule is CCC(=O)N/C(C)=C/C(=O)O. The normalized spacial score (nSPS) is 10.9. The molecule has 0 aromatic carbocycles. The molecule has 0 saturated heterocycles. The molecule has 0 aliphatic heterocycles. The summed E-state index contributed by atoms with van der Waals surface area (Å²) < 4.78 is 0. The molecule has 0 aliphatic rings. The van der Waals surface area contributed by atoms with Crippen LogP contribution in [0.25, 0.3) is 0 Å². The average molecular weight is 157 g/mol. The number of amides is 1. The highest BCUT2D eigenvalue weighted by molar-refractivity contribution is 5.83. The minimum Gasteiger partial charge on any atom is -0.478 e. The van der Waals surface area contributed by atoms with E-state index < -0.39 is 5.97 Å². The number of hydrogen-bond acceptors (Lipinski definition) is 2. The predicted molar refractivity (Wildman–Crippen MR) is 39.8 cm³/mol. The van der Waals surface area contributed by atoms with Gasteiger partial charge in [-0.15, -0.1) is 0 Å². The number of carbonyl (C=O) groups excluding carboxylic acids is 1. The maximum absolute atomic E-state index is 10.7. The highest BCUT2D eigenvalue weighted by Gasteiger charge is 1.98. The Labute approximate surface area is 64.9 Å². The van der Waals surface area contributed by atoms with Crippen molar-refractivity contribution in [2.45, 2.75) is 20.3 Å². The molecule has 0 aliphatic carbocycles. The molecule has 0 atom stereocenters. The van der Waals surface area contributed by atoms with Gasteiger partial charge in [-0.3, -0.25) is 4.79 Å². The first-order chi connectivity index (χ1) is 5.06. The zero-order valence-corrected chi connectivity index (χ0v) is 6.55. The van der Waals surface area contributed by atoms with Crippen LogP contribution in [0, 0.1) is 0 Å². The molecule has 4 heteroatoms. The lowest BCUT2D eigenvalue weighted by Crippen LogP contribution is -2.20. The Kier molecular flexibility index (Phi) is 3.95. The maximum atomic E-state index is 10.7. The number of hydrogen-bond donors (Lipinski definition) is 2. The zero-order valence-electron chi connectivity index (χ0n) is 6.55. The van der Waals surface area contributed by atoms with Crippen LogP contribution in [0.5, 0.6) is 0 Å². The van der Waals surface area contributed by atoms with Crippen LogP contribution in [0.15, 0.2) is 11.8 Å². The van der Waals surface area contributed by atoms with Gasteiger partial charge in [0.15, 0.2) is 0 Å². The number of carboxylic acid groups (broad SMARTS) is 1. The first kappa shape index (κ1) is 9.68. The molecule has 0 aromatic rings. The lowest BCUT2D eigenvalue weighted by Gasteiger charge is -2.00. The van der Waals surface area contributed by atoms with E-state index in [1.165, 1.54) is 6.92 Å². The molecule has 2 N–H and O–H groups in total. The van der Waals surface area contributed by atoms with E-state index in [0.717, 1.165) is 6.08 Å². The summed E-state index contributed by atoms with van der Waals surface area (Å²) in [5.74, 6) is -1.24. The minimum absolute atomic E-state index is 0.181. The quantitative estimate of drug-likeness (QED) is 0.586. The maximum Gasteiger partial charge on any atom is 0.330 e. The number of nitrogens with one attached hydrogen (secondary N) is 1. The number of allylic oxidation sites excluding steroid dienone is 1. The van der Waals surface area contributed by atoms with Crippen LogP contribution in [-0.4, -0.2) is 17.0 Å². The standard InChI is InChI=1S/C7H11NO3/c1-3-6(9)8-5(2)4-7(10)11/h4H,3H2,1-2H3,(H,8,9)(H,10,11)/b5-4+. The lowest BCUT2D eigenvalue weighted by atomic mass is 10.4. The van der Waals surface area contributed by atoms with Crippen LogP contribution < -0.4 is 5.32 Å². The molecule has 0 bridgehead atoms. The van der Waals surface area contributed by atoms with Gasteiger partial charge in [-0.1, -0.05) is 6.92 Å². The van der Waals surface area contributed by atoms with Crippen molar-refractivity contribution in [2.24, 2.45) is 0 Å². The van der Waals surface area contributed by atoms with Gasteiger partial charge in [-0.25, -0.2) is 4.79 Å². The third-order valence-electron chi connectivity index (χ3n) is 0.998. The van der Waals surface area contributed by atoms with Gasteiger partial charge in [0.2, 0.25) is 5.91 Å². The van der Waals surface area contributed by atoms with Gasteiger partial charge in [-0.05, 0) is 6.92 Å². The highest BCUT2D eigenvalue weighted by Crippen LogP contribution is 1.87. The molecule has 11 heavy (non-hydrogen) atoms. The second kappa shape index (κ2) is 4.49. The Morgan fingerprint density at radius 1 is 1.55 bits per heavy atom. The monoisotopic (exact) mass is 157 g/mol. The summed E-state index contributed by atoms with van der Waals surface area (Å²) in [6.45, 7) is 3.23. The molecule has 0 heterocycles. The molecule has 62 valence electrons. The van der Waals surface area contributed by atoms with Gasteiger partial charge in [-0.2, -0.15) is 0 Å². The minimum atomic E-state index is -1.06. The second-order valence-corrected chi connectivity index (χ2v) is 2.07. The van der Waals surface area contributed by atoms with Crippen LogP contribution in [0.4, 0.5) is 0 Å². The summed E-state index contributed by atoms with van der Waals surface area (Å²) in [5.41, 5.74) is 0.351. The summed E-state index contributed by atoms with van der Waals surface area (Å²) in [6.07, 6.45) is 1.30. The molecule has 0 spiro atoms. The van der Waals surface area contributed by atoms with Crippen molar-refractivity contribution in [3.05, 3.63) is 11.8 Å². The van der Waals surface area contributed by atoms with Gasteiger partial charge < -0.3 is 10.4 Å². The summed E-state index contributed by atoms with van der Waals surface area (Å²) in [7, 11) is 0. The van der Waals surface area contributed by atoms with E-state index >= 15 is 0 Å². The summed E-state index contributed by atoms with van der Waals surface area (Å²) >= 11 is 0. The first-order valence-corrected chi connectivity index (χ1v) is 3.27. The van der Waals surface area contributed by atoms with Gasteiger partial charge in [0, 0.05) is 18.2 Å². The Balaban J connectivity index is 3.96. The fourth-order valence-corrected chi connectivity index (χ4v) is 0.530. The summed E-state index contributed by atoms with van der Waals surface area (Å²) in [4.78, 5) is 20.7. The average Bonchev–Trinajstić information content (AvgIpc) is 1.85. The number of aliphatic carboxylic acids is 1. The molecule has 0 unspecified atom stereocenters. The summed E-state index contributed by atoms with van der Waals surface area (Å²) in [6, 6.07) is 0. The summed E-state index contributed by atoms with van der Waals surface area (Å²) in [5, 5.41) is 10.6. The van der Waals surface area contributed by atoms with Crippen LogP contribution in [0.3, 0.4) is 0 Å². The van der Waals surface area contributed by atoms with Crippen LogP contribution >= 0.6 is 0 Å². The van der Waals surface area contributed by atoms with Crippen molar-refractivity contribution >= 4 is 11.9 Å². The van der Waals surface area contributed by atoms with Crippen LogP contribution in [0.1, 0.15) is 20.3 Å². The topological polar surface area (TPSA) is 66.4 Å². The molecular formula is C7H11NO3. The molecule has 0 aromatic heterocycles. The van der Waals surface area contributed by atoms with Gasteiger partial charge in [0.25, 0.3) is 0 Å². The number of carboxylic acids is 1. The van der Waals surface area contributed by atoms with Crippen molar-refractivity contribution in [1.29, 1.82) is 0 Å². The van der Waals surface area contributed by atoms with Crippen LogP contribution in [0.2, 0.25) is 0 Å².